The molecule has 8 heteroatoms. The van der Waals surface area contributed by atoms with Crippen LogP contribution in [0.2, 0.25) is 5.02 Å². The van der Waals surface area contributed by atoms with E-state index in [1.165, 1.54) is 16.6 Å². The summed E-state index contributed by atoms with van der Waals surface area (Å²) in [4.78, 5) is 23.3. The topological polar surface area (TPSA) is 64.1 Å². The van der Waals surface area contributed by atoms with Gasteiger partial charge in [0, 0.05) is 28.6 Å². The lowest BCUT2D eigenvalue weighted by molar-refractivity contribution is -0.119. The maximum atomic E-state index is 12.3. The molecular formula is C20H20ClN3O2S2. The number of aromatic nitrogens is 2. The van der Waals surface area contributed by atoms with Crippen LogP contribution in [0.5, 0.6) is 0 Å². The van der Waals surface area contributed by atoms with Gasteiger partial charge >= 0.3 is 0 Å². The summed E-state index contributed by atoms with van der Waals surface area (Å²) in [6.45, 7) is 3.45. The third-order valence-electron chi connectivity index (χ3n) is 4.65. The van der Waals surface area contributed by atoms with E-state index in [1.54, 1.807) is 17.7 Å². The number of nitrogens with one attached hydrogen (secondary N) is 1. The van der Waals surface area contributed by atoms with Crippen LogP contribution < -0.4 is 5.32 Å². The van der Waals surface area contributed by atoms with E-state index >= 15 is 0 Å². The number of ether oxygens (including phenoxy) is 1. The number of aryl methyl sites for hydroxylation is 1. The normalized spacial score (nSPS) is 16.6. The first-order chi connectivity index (χ1) is 13.6. The molecular weight excluding hydrogens is 414 g/mol. The Bertz CT molecular complexity index is 985. The molecule has 1 N–H and O–H groups in total. The van der Waals surface area contributed by atoms with Crippen molar-refractivity contribution >= 4 is 50.8 Å². The van der Waals surface area contributed by atoms with Gasteiger partial charge in [0.2, 0.25) is 5.91 Å². The number of thiophene rings is 1. The van der Waals surface area contributed by atoms with E-state index < -0.39 is 0 Å². The quantitative estimate of drug-likeness (QED) is 0.450. The molecule has 1 aliphatic heterocycles. The predicted octanol–water partition coefficient (Wildman–Crippen LogP) is 4.71. The maximum absolute atomic E-state index is 12.3. The van der Waals surface area contributed by atoms with E-state index in [0.29, 0.717) is 17.3 Å². The summed E-state index contributed by atoms with van der Waals surface area (Å²) in [6, 6.07) is 7.78. The van der Waals surface area contributed by atoms with Gasteiger partial charge in [-0.15, -0.1) is 11.3 Å². The summed E-state index contributed by atoms with van der Waals surface area (Å²) in [6.07, 6.45) is 3.80. The molecule has 3 heterocycles. The molecule has 0 aliphatic carbocycles. The Morgan fingerprint density at radius 1 is 1.36 bits per heavy atom. The van der Waals surface area contributed by atoms with Gasteiger partial charge < -0.3 is 10.1 Å². The van der Waals surface area contributed by atoms with Gasteiger partial charge in [0.25, 0.3) is 0 Å². The Morgan fingerprint density at radius 3 is 2.93 bits per heavy atom. The number of hydrogen-bond acceptors (Lipinski definition) is 6. The fourth-order valence-corrected chi connectivity index (χ4v) is 5.35. The molecule has 0 spiro atoms. The fourth-order valence-electron chi connectivity index (χ4n) is 3.31. The van der Waals surface area contributed by atoms with Crippen LogP contribution in [0.3, 0.4) is 0 Å². The van der Waals surface area contributed by atoms with Crippen LogP contribution in [0, 0.1) is 6.92 Å². The van der Waals surface area contributed by atoms with Gasteiger partial charge in [0.15, 0.2) is 0 Å². The van der Waals surface area contributed by atoms with Crippen molar-refractivity contribution in [1.29, 1.82) is 0 Å². The SMILES string of the molecule is Cc1sc2ncnc(SCC(=O)NC[C@@H]3CCCO3)c2c1-c1ccc(Cl)cc1. The number of amides is 1. The van der Waals surface area contributed by atoms with E-state index in [9.17, 15) is 4.79 Å². The van der Waals surface area contributed by atoms with Gasteiger partial charge in [-0.25, -0.2) is 9.97 Å². The molecule has 0 radical (unpaired) electrons. The molecule has 1 aromatic carbocycles. The Kier molecular flexibility index (Phi) is 6.16. The van der Waals surface area contributed by atoms with Crippen LogP contribution in [0.25, 0.3) is 21.3 Å². The maximum Gasteiger partial charge on any atom is 0.230 e. The summed E-state index contributed by atoms with van der Waals surface area (Å²) in [5, 5.41) is 5.49. The van der Waals surface area contributed by atoms with Gasteiger partial charge in [0.1, 0.15) is 16.2 Å². The van der Waals surface area contributed by atoms with Crippen LogP contribution in [-0.2, 0) is 9.53 Å². The number of benzene rings is 1. The molecule has 4 rings (SSSR count). The van der Waals surface area contributed by atoms with Gasteiger partial charge in [-0.2, -0.15) is 0 Å². The Balaban J connectivity index is 1.53. The highest BCUT2D eigenvalue weighted by Gasteiger charge is 2.19. The molecule has 2 aromatic heterocycles. The minimum atomic E-state index is -0.00717. The molecule has 146 valence electrons. The molecule has 0 unspecified atom stereocenters. The van der Waals surface area contributed by atoms with Crippen molar-refractivity contribution in [3.05, 3.63) is 40.5 Å². The minimum Gasteiger partial charge on any atom is -0.376 e. The zero-order valence-corrected chi connectivity index (χ0v) is 17.8. The molecule has 5 nitrogen and oxygen atoms in total. The molecule has 28 heavy (non-hydrogen) atoms. The van der Waals surface area contributed by atoms with Crippen molar-refractivity contribution < 1.29 is 9.53 Å². The van der Waals surface area contributed by atoms with Crippen LogP contribution >= 0.6 is 34.7 Å². The number of nitrogens with zero attached hydrogens (tertiary/aromatic N) is 2. The van der Waals surface area contributed by atoms with E-state index in [0.717, 1.165) is 45.8 Å². The van der Waals surface area contributed by atoms with Crippen LogP contribution in [-0.4, -0.2) is 40.9 Å². The lowest BCUT2D eigenvalue weighted by Crippen LogP contribution is -2.32. The molecule has 1 amide bonds. The zero-order chi connectivity index (χ0) is 19.5. The monoisotopic (exact) mass is 433 g/mol. The van der Waals surface area contributed by atoms with E-state index in [1.807, 2.05) is 24.3 Å². The fraction of sp³-hybridized carbons (Fsp3) is 0.350. The van der Waals surface area contributed by atoms with Crippen molar-refractivity contribution in [1.82, 2.24) is 15.3 Å². The second-order valence-corrected chi connectivity index (χ2v) is 9.23. The van der Waals surface area contributed by atoms with Crippen molar-refractivity contribution in [2.24, 2.45) is 0 Å². The molecule has 1 fully saturated rings. The number of halogens is 1. The first-order valence-electron chi connectivity index (χ1n) is 9.13. The Morgan fingerprint density at radius 2 is 2.18 bits per heavy atom. The second-order valence-electron chi connectivity index (χ2n) is 6.63. The molecule has 3 aromatic rings. The average Bonchev–Trinajstić information content (AvgIpc) is 3.32. The second kappa shape index (κ2) is 8.78. The standard InChI is InChI=1S/C20H20ClN3O2S2/c1-12-17(13-4-6-14(21)7-5-13)18-19(23-11-24-20(18)28-12)27-10-16(25)22-9-15-3-2-8-26-15/h4-7,11,15H,2-3,8-10H2,1H3,(H,22,25)/t15-/m0/s1. The Hall–Kier alpha value is -1.67. The number of hydrogen-bond donors (Lipinski definition) is 1. The number of fused-ring (bicyclic) bond motifs is 1. The summed E-state index contributed by atoms with van der Waals surface area (Å²) >= 11 is 9.13. The molecule has 0 saturated carbocycles. The van der Waals surface area contributed by atoms with Crippen molar-refractivity contribution in [2.45, 2.75) is 30.9 Å². The molecule has 1 saturated heterocycles. The van der Waals surface area contributed by atoms with Crippen molar-refractivity contribution in [2.75, 3.05) is 18.9 Å². The number of rotatable bonds is 6. The van der Waals surface area contributed by atoms with E-state index in [2.05, 4.69) is 22.2 Å². The minimum absolute atomic E-state index is 0.00717. The molecule has 0 bridgehead atoms. The third-order valence-corrected chi connectivity index (χ3v) is 6.91. The Labute approximate surface area is 176 Å². The highest BCUT2D eigenvalue weighted by Crippen LogP contribution is 2.41. The first-order valence-corrected chi connectivity index (χ1v) is 11.3. The summed E-state index contributed by atoms with van der Waals surface area (Å²) in [7, 11) is 0. The number of thioether (sulfide) groups is 1. The van der Waals surface area contributed by atoms with Gasteiger partial charge in [-0.05, 0) is 37.5 Å². The number of carbonyl (C=O) groups excluding carboxylic acids is 1. The van der Waals surface area contributed by atoms with Gasteiger partial charge in [-0.1, -0.05) is 35.5 Å². The van der Waals surface area contributed by atoms with Crippen LogP contribution in [0.1, 0.15) is 17.7 Å². The van der Waals surface area contributed by atoms with Crippen molar-refractivity contribution in [3.63, 3.8) is 0 Å². The highest BCUT2D eigenvalue weighted by atomic mass is 35.5. The first kappa shape index (κ1) is 19.6. The van der Waals surface area contributed by atoms with Gasteiger partial charge in [-0.3, -0.25) is 4.79 Å². The van der Waals surface area contributed by atoms with Crippen molar-refractivity contribution in [3.8, 4) is 11.1 Å². The summed E-state index contributed by atoms with van der Waals surface area (Å²) in [5.74, 6) is 0.306. The van der Waals surface area contributed by atoms with Crippen LogP contribution in [0.4, 0.5) is 0 Å². The summed E-state index contributed by atoms with van der Waals surface area (Å²) in [5.41, 5.74) is 2.19. The third kappa shape index (κ3) is 4.33. The number of carbonyl (C=O) groups is 1. The average molecular weight is 434 g/mol. The zero-order valence-electron chi connectivity index (χ0n) is 15.4. The predicted molar refractivity (Wildman–Crippen MR) is 115 cm³/mol. The molecule has 1 aliphatic rings. The van der Waals surface area contributed by atoms with Crippen LogP contribution in [0.15, 0.2) is 35.6 Å². The van der Waals surface area contributed by atoms with E-state index in [-0.39, 0.29) is 12.0 Å². The molecule has 1 atom stereocenters. The highest BCUT2D eigenvalue weighted by molar-refractivity contribution is 8.00. The summed E-state index contributed by atoms with van der Waals surface area (Å²) < 4.78 is 5.55. The van der Waals surface area contributed by atoms with E-state index in [4.69, 9.17) is 16.3 Å². The largest absolute Gasteiger partial charge is 0.376 e. The lowest BCUT2D eigenvalue weighted by atomic mass is 10.0. The van der Waals surface area contributed by atoms with Gasteiger partial charge in [0.05, 0.1) is 17.2 Å². The smallest absolute Gasteiger partial charge is 0.230 e. The lowest BCUT2D eigenvalue weighted by Gasteiger charge is -2.11.